The van der Waals surface area contributed by atoms with E-state index in [0.29, 0.717) is 17.6 Å². The van der Waals surface area contributed by atoms with Crippen LogP contribution >= 0.6 is 0 Å². The minimum Gasteiger partial charge on any atom is -0.339 e. The standard InChI is InChI=1S/C13H17N5O/c1-2-11-17-13(18-19-11)10-7-15-8-16-12(10)9-4-3-5-14-6-9/h7-9,14H,2-6H2,1H3/t9-/m0/s1. The largest absolute Gasteiger partial charge is 0.339 e. The van der Waals surface area contributed by atoms with Gasteiger partial charge in [-0.2, -0.15) is 4.98 Å². The third-order valence-corrected chi connectivity index (χ3v) is 3.44. The van der Waals surface area contributed by atoms with Gasteiger partial charge in [0.25, 0.3) is 0 Å². The van der Waals surface area contributed by atoms with Crippen LogP contribution in [0.1, 0.15) is 37.3 Å². The molecular weight excluding hydrogens is 242 g/mol. The molecule has 0 aromatic carbocycles. The first-order valence-corrected chi connectivity index (χ1v) is 6.72. The lowest BCUT2D eigenvalue weighted by atomic mass is 9.93. The Morgan fingerprint density at radius 2 is 2.42 bits per heavy atom. The van der Waals surface area contributed by atoms with Crippen molar-refractivity contribution in [2.75, 3.05) is 13.1 Å². The van der Waals surface area contributed by atoms with Crippen molar-refractivity contribution in [2.45, 2.75) is 32.1 Å². The van der Waals surface area contributed by atoms with Gasteiger partial charge in [0.1, 0.15) is 6.33 Å². The molecule has 1 atom stereocenters. The molecule has 0 spiro atoms. The molecule has 1 fully saturated rings. The zero-order valence-corrected chi connectivity index (χ0v) is 11.0. The highest BCUT2D eigenvalue weighted by molar-refractivity contribution is 5.57. The van der Waals surface area contributed by atoms with Crippen LogP contribution < -0.4 is 5.32 Å². The van der Waals surface area contributed by atoms with Crippen LogP contribution in [0.15, 0.2) is 17.0 Å². The average molecular weight is 259 g/mol. The van der Waals surface area contributed by atoms with Crippen LogP contribution in [0.4, 0.5) is 0 Å². The Bertz CT molecular complexity index is 547. The van der Waals surface area contributed by atoms with Crippen molar-refractivity contribution in [3.63, 3.8) is 0 Å². The van der Waals surface area contributed by atoms with Gasteiger partial charge in [0.05, 0.1) is 11.3 Å². The summed E-state index contributed by atoms with van der Waals surface area (Å²) < 4.78 is 5.18. The Labute approximate surface area is 111 Å². The van der Waals surface area contributed by atoms with Gasteiger partial charge in [0, 0.05) is 25.1 Å². The molecule has 19 heavy (non-hydrogen) atoms. The maximum atomic E-state index is 5.18. The smallest absolute Gasteiger partial charge is 0.226 e. The molecule has 0 aliphatic carbocycles. The van der Waals surface area contributed by atoms with Gasteiger partial charge in [0.2, 0.25) is 11.7 Å². The Balaban J connectivity index is 1.96. The predicted octanol–water partition coefficient (Wildman–Crippen LogP) is 1.56. The van der Waals surface area contributed by atoms with E-state index in [-0.39, 0.29) is 0 Å². The van der Waals surface area contributed by atoms with Crippen molar-refractivity contribution < 1.29 is 4.52 Å². The number of aromatic nitrogens is 4. The summed E-state index contributed by atoms with van der Waals surface area (Å²) in [7, 11) is 0. The lowest BCUT2D eigenvalue weighted by molar-refractivity contribution is 0.382. The summed E-state index contributed by atoms with van der Waals surface area (Å²) >= 11 is 0. The van der Waals surface area contributed by atoms with Gasteiger partial charge in [-0.3, -0.25) is 0 Å². The minimum absolute atomic E-state index is 0.398. The van der Waals surface area contributed by atoms with Gasteiger partial charge in [0.15, 0.2) is 0 Å². The molecule has 3 rings (SSSR count). The molecule has 1 aliphatic heterocycles. The highest BCUT2D eigenvalue weighted by Crippen LogP contribution is 2.28. The molecule has 2 aromatic rings. The van der Waals surface area contributed by atoms with Crippen LogP contribution in [0.5, 0.6) is 0 Å². The molecule has 1 N–H and O–H groups in total. The lowest BCUT2D eigenvalue weighted by Crippen LogP contribution is -2.29. The third-order valence-electron chi connectivity index (χ3n) is 3.44. The fraction of sp³-hybridized carbons (Fsp3) is 0.538. The molecule has 2 aromatic heterocycles. The summed E-state index contributed by atoms with van der Waals surface area (Å²) in [5, 5.41) is 7.43. The normalized spacial score (nSPS) is 19.5. The van der Waals surface area contributed by atoms with Crippen molar-refractivity contribution in [3.8, 4) is 11.4 Å². The SMILES string of the molecule is CCc1nc(-c2cncnc2[C@H]2CCCNC2)no1. The van der Waals surface area contributed by atoms with Gasteiger partial charge in [-0.25, -0.2) is 9.97 Å². The summed E-state index contributed by atoms with van der Waals surface area (Å²) in [6.45, 7) is 4.02. The van der Waals surface area contributed by atoms with E-state index < -0.39 is 0 Å². The quantitative estimate of drug-likeness (QED) is 0.901. The average Bonchev–Trinajstić information content (AvgIpc) is 2.97. The van der Waals surface area contributed by atoms with Crippen LogP contribution in [-0.2, 0) is 6.42 Å². The summed E-state index contributed by atoms with van der Waals surface area (Å²) in [5.41, 5.74) is 1.91. The van der Waals surface area contributed by atoms with E-state index in [0.717, 1.165) is 37.2 Å². The van der Waals surface area contributed by atoms with Crippen LogP contribution in [0.2, 0.25) is 0 Å². The molecule has 3 heterocycles. The monoisotopic (exact) mass is 259 g/mol. The number of piperidine rings is 1. The molecular formula is C13H17N5O. The summed E-state index contributed by atoms with van der Waals surface area (Å²) in [5.74, 6) is 1.64. The van der Waals surface area contributed by atoms with E-state index in [1.165, 1.54) is 6.42 Å². The van der Waals surface area contributed by atoms with Crippen molar-refractivity contribution >= 4 is 0 Å². The van der Waals surface area contributed by atoms with Gasteiger partial charge in [-0.05, 0) is 19.4 Å². The molecule has 6 heteroatoms. The number of nitrogens with zero attached hydrogens (tertiary/aromatic N) is 4. The molecule has 0 saturated carbocycles. The van der Waals surface area contributed by atoms with Gasteiger partial charge >= 0.3 is 0 Å². The van der Waals surface area contributed by atoms with Crippen LogP contribution in [0, 0.1) is 0 Å². The van der Waals surface area contributed by atoms with E-state index in [9.17, 15) is 0 Å². The highest BCUT2D eigenvalue weighted by Gasteiger charge is 2.22. The second kappa shape index (κ2) is 5.44. The van der Waals surface area contributed by atoms with Crippen LogP contribution in [0.25, 0.3) is 11.4 Å². The van der Waals surface area contributed by atoms with E-state index in [2.05, 4.69) is 25.4 Å². The number of nitrogens with one attached hydrogen (secondary N) is 1. The van der Waals surface area contributed by atoms with E-state index in [1.807, 2.05) is 6.92 Å². The summed E-state index contributed by atoms with van der Waals surface area (Å²) in [6.07, 6.45) is 6.41. The van der Waals surface area contributed by atoms with Gasteiger partial charge in [-0.1, -0.05) is 12.1 Å². The highest BCUT2D eigenvalue weighted by atomic mass is 16.5. The van der Waals surface area contributed by atoms with Gasteiger partial charge < -0.3 is 9.84 Å². The molecule has 1 aliphatic rings. The molecule has 0 radical (unpaired) electrons. The molecule has 6 nitrogen and oxygen atoms in total. The van der Waals surface area contributed by atoms with Crippen LogP contribution in [0.3, 0.4) is 0 Å². The molecule has 0 amide bonds. The van der Waals surface area contributed by atoms with Crippen molar-refractivity contribution in [3.05, 3.63) is 24.1 Å². The molecule has 1 saturated heterocycles. The summed E-state index contributed by atoms with van der Waals surface area (Å²) in [4.78, 5) is 12.9. The van der Waals surface area contributed by atoms with E-state index in [4.69, 9.17) is 4.52 Å². The third kappa shape index (κ3) is 2.49. The number of rotatable bonds is 3. The first kappa shape index (κ1) is 12.2. The summed E-state index contributed by atoms with van der Waals surface area (Å²) in [6, 6.07) is 0. The molecule has 0 unspecified atom stereocenters. The number of hydrogen-bond acceptors (Lipinski definition) is 6. The van der Waals surface area contributed by atoms with Crippen molar-refractivity contribution in [1.29, 1.82) is 0 Å². The van der Waals surface area contributed by atoms with Crippen LogP contribution in [-0.4, -0.2) is 33.2 Å². The molecule has 100 valence electrons. The first-order chi connectivity index (χ1) is 9.38. The fourth-order valence-electron chi connectivity index (χ4n) is 2.43. The second-order valence-corrected chi connectivity index (χ2v) is 4.73. The van der Waals surface area contributed by atoms with E-state index in [1.54, 1.807) is 12.5 Å². The lowest BCUT2D eigenvalue weighted by Gasteiger charge is -2.23. The second-order valence-electron chi connectivity index (χ2n) is 4.73. The maximum absolute atomic E-state index is 5.18. The Hall–Kier alpha value is -1.82. The zero-order valence-electron chi connectivity index (χ0n) is 11.0. The predicted molar refractivity (Wildman–Crippen MR) is 69.5 cm³/mol. The zero-order chi connectivity index (χ0) is 13.1. The topological polar surface area (TPSA) is 76.7 Å². The Kier molecular flexibility index (Phi) is 3.50. The van der Waals surface area contributed by atoms with Crippen molar-refractivity contribution in [2.24, 2.45) is 0 Å². The number of hydrogen-bond donors (Lipinski definition) is 1. The molecule has 0 bridgehead atoms. The van der Waals surface area contributed by atoms with Gasteiger partial charge in [-0.15, -0.1) is 0 Å². The van der Waals surface area contributed by atoms with E-state index >= 15 is 0 Å². The van der Waals surface area contributed by atoms with Crippen molar-refractivity contribution in [1.82, 2.24) is 25.4 Å². The first-order valence-electron chi connectivity index (χ1n) is 6.72. The Morgan fingerprint density at radius 3 is 3.16 bits per heavy atom. The Morgan fingerprint density at radius 1 is 1.47 bits per heavy atom. The number of aryl methyl sites for hydroxylation is 1. The minimum atomic E-state index is 0.398. The fourth-order valence-corrected chi connectivity index (χ4v) is 2.43. The maximum Gasteiger partial charge on any atom is 0.226 e.